The molecule has 0 unspecified atom stereocenters. The minimum Gasteiger partial charge on any atom is -0.310 e. The Morgan fingerprint density at radius 2 is 2.16 bits per heavy atom. The zero-order valence-electron chi connectivity index (χ0n) is 12.4. The molecule has 106 valence electrons. The van der Waals surface area contributed by atoms with E-state index in [1.54, 1.807) is 0 Å². The molecule has 0 aliphatic carbocycles. The highest BCUT2D eigenvalue weighted by Gasteiger charge is 2.30. The molecule has 0 spiro atoms. The number of rotatable bonds is 5. The molecule has 1 aliphatic rings. The van der Waals surface area contributed by atoms with E-state index in [4.69, 9.17) is 0 Å². The Labute approximate surface area is 116 Å². The van der Waals surface area contributed by atoms with Gasteiger partial charge < -0.3 is 5.32 Å². The first-order valence-corrected chi connectivity index (χ1v) is 7.12. The van der Waals surface area contributed by atoms with E-state index in [9.17, 15) is 0 Å². The van der Waals surface area contributed by atoms with Crippen LogP contribution in [0.2, 0.25) is 0 Å². The van der Waals surface area contributed by atoms with E-state index >= 15 is 0 Å². The highest BCUT2D eigenvalue weighted by atomic mass is 15.3. The Balaban J connectivity index is 1.66. The Kier molecular flexibility index (Phi) is 4.91. The van der Waals surface area contributed by atoms with Gasteiger partial charge in [-0.3, -0.25) is 14.8 Å². The number of piperazine rings is 1. The van der Waals surface area contributed by atoms with Crippen molar-refractivity contribution in [2.75, 3.05) is 39.8 Å². The van der Waals surface area contributed by atoms with Gasteiger partial charge in [-0.1, -0.05) is 6.07 Å². The predicted molar refractivity (Wildman–Crippen MR) is 79.1 cm³/mol. The van der Waals surface area contributed by atoms with Crippen molar-refractivity contribution in [2.45, 2.75) is 25.9 Å². The van der Waals surface area contributed by atoms with Gasteiger partial charge in [0.25, 0.3) is 0 Å². The number of aromatic nitrogens is 1. The topological polar surface area (TPSA) is 31.4 Å². The smallest absolute Gasteiger partial charge is 0.0541 e. The van der Waals surface area contributed by atoms with E-state index in [2.05, 4.69) is 47.1 Å². The van der Waals surface area contributed by atoms with Crippen LogP contribution in [0.15, 0.2) is 24.4 Å². The third-order valence-electron chi connectivity index (χ3n) is 4.03. The lowest BCUT2D eigenvalue weighted by atomic mass is 10.00. The summed E-state index contributed by atoms with van der Waals surface area (Å²) < 4.78 is 0. The molecule has 0 amide bonds. The van der Waals surface area contributed by atoms with Crippen molar-refractivity contribution in [3.63, 3.8) is 0 Å². The summed E-state index contributed by atoms with van der Waals surface area (Å²) in [6.07, 6.45) is 1.85. The lowest BCUT2D eigenvalue weighted by Crippen LogP contribution is -2.58. The molecule has 0 bridgehead atoms. The Morgan fingerprint density at radius 3 is 2.84 bits per heavy atom. The number of nitrogens with one attached hydrogen (secondary N) is 1. The van der Waals surface area contributed by atoms with Crippen molar-refractivity contribution in [3.8, 4) is 0 Å². The molecule has 4 nitrogen and oxygen atoms in total. The van der Waals surface area contributed by atoms with Crippen LogP contribution in [0.25, 0.3) is 0 Å². The molecule has 1 saturated heterocycles. The van der Waals surface area contributed by atoms with Crippen LogP contribution in [-0.4, -0.2) is 60.1 Å². The van der Waals surface area contributed by atoms with Gasteiger partial charge in [0.1, 0.15) is 0 Å². The SMILES string of the molecule is CN1CCN(CCNCc2ccccn2)CC1(C)C. The summed E-state index contributed by atoms with van der Waals surface area (Å²) in [5.41, 5.74) is 1.40. The maximum atomic E-state index is 4.31. The van der Waals surface area contributed by atoms with Crippen LogP contribution >= 0.6 is 0 Å². The van der Waals surface area contributed by atoms with Crippen molar-refractivity contribution in [1.82, 2.24) is 20.1 Å². The average Bonchev–Trinajstić information content (AvgIpc) is 2.40. The van der Waals surface area contributed by atoms with Gasteiger partial charge >= 0.3 is 0 Å². The number of pyridine rings is 1. The largest absolute Gasteiger partial charge is 0.310 e. The number of nitrogens with zero attached hydrogens (tertiary/aromatic N) is 3. The van der Waals surface area contributed by atoms with Crippen LogP contribution in [0.1, 0.15) is 19.5 Å². The molecule has 19 heavy (non-hydrogen) atoms. The highest BCUT2D eigenvalue weighted by Crippen LogP contribution is 2.18. The van der Waals surface area contributed by atoms with Crippen molar-refractivity contribution < 1.29 is 0 Å². The van der Waals surface area contributed by atoms with Crippen molar-refractivity contribution in [2.24, 2.45) is 0 Å². The summed E-state index contributed by atoms with van der Waals surface area (Å²) in [7, 11) is 2.22. The first-order valence-electron chi connectivity index (χ1n) is 7.12. The van der Waals surface area contributed by atoms with Gasteiger partial charge in [-0.05, 0) is 33.0 Å². The summed E-state index contributed by atoms with van der Waals surface area (Å²) in [5.74, 6) is 0. The third-order valence-corrected chi connectivity index (χ3v) is 4.03. The fourth-order valence-electron chi connectivity index (χ4n) is 2.49. The number of likely N-dealkylation sites (N-methyl/N-ethyl adjacent to an activating group) is 1. The zero-order valence-corrected chi connectivity index (χ0v) is 12.4. The van der Waals surface area contributed by atoms with Gasteiger partial charge in [0.2, 0.25) is 0 Å². The summed E-state index contributed by atoms with van der Waals surface area (Å²) in [5, 5.41) is 3.47. The van der Waals surface area contributed by atoms with Crippen LogP contribution in [-0.2, 0) is 6.54 Å². The third kappa shape index (κ3) is 4.27. The molecule has 0 radical (unpaired) electrons. The van der Waals surface area contributed by atoms with Gasteiger partial charge in [-0.25, -0.2) is 0 Å². The molecule has 0 aromatic carbocycles. The summed E-state index contributed by atoms with van der Waals surface area (Å²) >= 11 is 0. The van der Waals surface area contributed by atoms with E-state index in [0.717, 1.165) is 38.4 Å². The Morgan fingerprint density at radius 1 is 1.32 bits per heavy atom. The lowest BCUT2D eigenvalue weighted by Gasteiger charge is -2.45. The standard InChI is InChI=1S/C15H26N4/c1-15(2)13-19(11-10-18(15)3)9-8-16-12-14-6-4-5-7-17-14/h4-7,16H,8-13H2,1-3H3. The summed E-state index contributed by atoms with van der Waals surface area (Å²) in [6, 6.07) is 6.05. The molecule has 1 aliphatic heterocycles. The van der Waals surface area contributed by atoms with Gasteiger partial charge in [0.15, 0.2) is 0 Å². The molecule has 2 heterocycles. The van der Waals surface area contributed by atoms with E-state index in [-0.39, 0.29) is 0 Å². The van der Waals surface area contributed by atoms with Gasteiger partial charge in [-0.15, -0.1) is 0 Å². The molecular weight excluding hydrogens is 236 g/mol. The zero-order chi connectivity index (χ0) is 13.7. The summed E-state index contributed by atoms with van der Waals surface area (Å²) in [4.78, 5) is 9.31. The van der Waals surface area contributed by atoms with Crippen molar-refractivity contribution in [1.29, 1.82) is 0 Å². The normalized spacial score (nSPS) is 20.6. The fourth-order valence-corrected chi connectivity index (χ4v) is 2.49. The molecule has 1 aromatic rings. The van der Waals surface area contributed by atoms with E-state index in [0.29, 0.717) is 5.54 Å². The number of hydrogen-bond donors (Lipinski definition) is 1. The van der Waals surface area contributed by atoms with Crippen molar-refractivity contribution in [3.05, 3.63) is 30.1 Å². The minimum atomic E-state index is 0.291. The summed E-state index contributed by atoms with van der Waals surface area (Å²) in [6.45, 7) is 11.1. The van der Waals surface area contributed by atoms with E-state index in [1.807, 2.05) is 18.3 Å². The minimum absolute atomic E-state index is 0.291. The molecule has 0 saturated carbocycles. The van der Waals surface area contributed by atoms with Crippen LogP contribution in [0.5, 0.6) is 0 Å². The molecular formula is C15H26N4. The first-order chi connectivity index (χ1) is 9.08. The predicted octanol–water partition coefficient (Wildman–Crippen LogP) is 1.20. The van der Waals surface area contributed by atoms with Crippen LogP contribution in [0.4, 0.5) is 0 Å². The van der Waals surface area contributed by atoms with Gasteiger partial charge in [0, 0.05) is 51.0 Å². The van der Waals surface area contributed by atoms with Crippen molar-refractivity contribution >= 4 is 0 Å². The van der Waals surface area contributed by atoms with Gasteiger partial charge in [0.05, 0.1) is 5.69 Å². The molecule has 0 atom stereocenters. The Hall–Kier alpha value is -0.970. The number of hydrogen-bond acceptors (Lipinski definition) is 4. The Bertz CT molecular complexity index is 377. The maximum absolute atomic E-state index is 4.31. The van der Waals surface area contributed by atoms with Gasteiger partial charge in [-0.2, -0.15) is 0 Å². The van der Waals surface area contributed by atoms with Crippen LogP contribution in [0.3, 0.4) is 0 Å². The van der Waals surface area contributed by atoms with Crippen LogP contribution < -0.4 is 5.32 Å². The van der Waals surface area contributed by atoms with E-state index < -0.39 is 0 Å². The second-order valence-electron chi connectivity index (χ2n) is 6.01. The maximum Gasteiger partial charge on any atom is 0.0541 e. The molecule has 1 fully saturated rings. The molecule has 2 rings (SSSR count). The lowest BCUT2D eigenvalue weighted by molar-refractivity contribution is 0.0407. The first kappa shape index (κ1) is 14.4. The average molecular weight is 262 g/mol. The fraction of sp³-hybridized carbons (Fsp3) is 0.667. The quantitative estimate of drug-likeness (QED) is 0.808. The molecule has 1 N–H and O–H groups in total. The molecule has 4 heteroatoms. The van der Waals surface area contributed by atoms with E-state index in [1.165, 1.54) is 6.54 Å². The highest BCUT2D eigenvalue weighted by molar-refractivity contribution is 5.02. The van der Waals surface area contributed by atoms with Crippen LogP contribution in [0, 0.1) is 0 Å². The molecule has 1 aromatic heterocycles. The second-order valence-corrected chi connectivity index (χ2v) is 6.01. The second kappa shape index (κ2) is 6.46. The monoisotopic (exact) mass is 262 g/mol.